The highest BCUT2D eigenvalue weighted by Crippen LogP contribution is 2.22. The molecule has 0 saturated carbocycles. The largest absolute Gasteiger partial charge is 0.269 e. The maximum Gasteiger partial charge on any atom is 0.269 e. The maximum atomic E-state index is 13.2. The monoisotopic (exact) mass is 447 g/mol. The Morgan fingerprint density at radius 3 is 2.34 bits per heavy atom. The molecule has 0 aliphatic carbocycles. The molecule has 0 amide bonds. The molecule has 6 nitrogen and oxygen atoms in total. The molecule has 142 valence electrons. The van der Waals surface area contributed by atoms with E-state index in [-0.39, 0.29) is 11.2 Å². The molecule has 1 heterocycles. The molecule has 4 rings (SSSR count). The highest BCUT2D eigenvalue weighted by Gasteiger charge is 2.13. The summed E-state index contributed by atoms with van der Waals surface area (Å²) in [5, 5.41) is 11.3. The molecular weight excluding hydrogens is 434 g/mol. The molecule has 0 saturated heterocycles. The number of para-hydroxylation sites is 2. The van der Waals surface area contributed by atoms with Crippen LogP contribution in [0.5, 0.6) is 0 Å². The van der Waals surface area contributed by atoms with E-state index >= 15 is 0 Å². The molecule has 0 bridgehead atoms. The van der Waals surface area contributed by atoms with E-state index in [4.69, 9.17) is 0 Å². The second-order valence-electron chi connectivity index (χ2n) is 6.26. The van der Waals surface area contributed by atoms with Gasteiger partial charge in [0.2, 0.25) is 0 Å². The molecule has 0 aliphatic heterocycles. The zero-order valence-corrected chi connectivity index (χ0v) is 16.6. The first-order valence-electron chi connectivity index (χ1n) is 8.74. The van der Waals surface area contributed by atoms with Crippen LogP contribution in [0.3, 0.4) is 0 Å². The van der Waals surface area contributed by atoms with E-state index < -0.39 is 4.92 Å². The highest BCUT2D eigenvalue weighted by atomic mass is 79.9. The minimum Gasteiger partial charge on any atom is -0.268 e. The smallest absolute Gasteiger partial charge is 0.268 e. The van der Waals surface area contributed by atoms with Crippen molar-refractivity contribution in [2.24, 2.45) is 0 Å². The van der Waals surface area contributed by atoms with Crippen molar-refractivity contribution in [2.75, 3.05) is 0 Å². The zero-order valence-electron chi connectivity index (χ0n) is 15.0. The Bertz CT molecular complexity index is 1310. The molecular formula is C22H14BrN3O3. The van der Waals surface area contributed by atoms with Crippen LogP contribution < -0.4 is 5.56 Å². The van der Waals surface area contributed by atoms with Crippen LogP contribution in [0, 0.1) is 10.1 Å². The number of nitro groups is 1. The van der Waals surface area contributed by atoms with Crippen LogP contribution >= 0.6 is 15.9 Å². The number of halogens is 1. The number of non-ortho nitro benzene ring substituents is 1. The van der Waals surface area contributed by atoms with Crippen LogP contribution in [0.15, 0.2) is 82.1 Å². The summed E-state index contributed by atoms with van der Waals surface area (Å²) in [6.07, 6.45) is 3.50. The van der Waals surface area contributed by atoms with Crippen LogP contribution in [0.2, 0.25) is 0 Å². The van der Waals surface area contributed by atoms with Gasteiger partial charge in [-0.15, -0.1) is 0 Å². The van der Waals surface area contributed by atoms with E-state index in [2.05, 4.69) is 20.9 Å². The lowest BCUT2D eigenvalue weighted by Crippen LogP contribution is -2.22. The lowest BCUT2D eigenvalue weighted by atomic mass is 10.2. The molecule has 29 heavy (non-hydrogen) atoms. The first-order valence-corrected chi connectivity index (χ1v) is 9.53. The van der Waals surface area contributed by atoms with E-state index in [0.29, 0.717) is 22.4 Å². The van der Waals surface area contributed by atoms with E-state index in [1.807, 2.05) is 36.4 Å². The number of benzene rings is 3. The van der Waals surface area contributed by atoms with Crippen LogP contribution in [0.1, 0.15) is 11.4 Å². The van der Waals surface area contributed by atoms with Gasteiger partial charge in [0.1, 0.15) is 5.82 Å². The van der Waals surface area contributed by atoms with Crippen molar-refractivity contribution in [1.29, 1.82) is 0 Å². The van der Waals surface area contributed by atoms with Crippen LogP contribution in [-0.4, -0.2) is 14.5 Å². The van der Waals surface area contributed by atoms with Gasteiger partial charge in [0, 0.05) is 16.6 Å². The maximum absolute atomic E-state index is 13.2. The highest BCUT2D eigenvalue weighted by molar-refractivity contribution is 9.10. The topological polar surface area (TPSA) is 78.0 Å². The van der Waals surface area contributed by atoms with Crippen molar-refractivity contribution in [1.82, 2.24) is 9.55 Å². The Balaban J connectivity index is 1.89. The standard InChI is InChI=1S/C22H14BrN3O3/c23-18-6-2-4-8-20(18)25-21(24-19-7-3-1-5-17(19)22(25)27)14-11-15-9-12-16(13-10-15)26(28)29/h1-14H. The molecule has 7 heteroatoms. The molecule has 0 unspecified atom stereocenters. The minimum atomic E-state index is -0.441. The summed E-state index contributed by atoms with van der Waals surface area (Å²) >= 11 is 3.51. The van der Waals surface area contributed by atoms with Gasteiger partial charge in [0.15, 0.2) is 0 Å². The molecule has 1 aromatic heterocycles. The molecule has 0 fully saturated rings. The summed E-state index contributed by atoms with van der Waals surface area (Å²) in [6.45, 7) is 0. The molecule has 0 atom stereocenters. The lowest BCUT2D eigenvalue weighted by molar-refractivity contribution is -0.384. The average Bonchev–Trinajstić information content (AvgIpc) is 2.73. The normalized spacial score (nSPS) is 11.2. The average molecular weight is 448 g/mol. The van der Waals surface area contributed by atoms with Gasteiger partial charge < -0.3 is 0 Å². The third-order valence-electron chi connectivity index (χ3n) is 4.42. The second-order valence-corrected chi connectivity index (χ2v) is 7.12. The van der Waals surface area contributed by atoms with E-state index in [1.54, 1.807) is 41.0 Å². The number of aromatic nitrogens is 2. The molecule has 0 aliphatic rings. The molecule has 0 N–H and O–H groups in total. The van der Waals surface area contributed by atoms with Crippen LogP contribution in [-0.2, 0) is 0 Å². The zero-order chi connectivity index (χ0) is 20.4. The number of fused-ring (bicyclic) bond motifs is 1. The fourth-order valence-corrected chi connectivity index (χ4v) is 3.47. The van der Waals surface area contributed by atoms with Gasteiger partial charge in [-0.3, -0.25) is 19.5 Å². The predicted octanol–water partition coefficient (Wildman–Crippen LogP) is 5.23. The molecule has 0 spiro atoms. The lowest BCUT2D eigenvalue weighted by Gasteiger charge is -2.13. The van der Waals surface area contributed by atoms with Gasteiger partial charge >= 0.3 is 0 Å². The Morgan fingerprint density at radius 1 is 0.931 bits per heavy atom. The van der Waals surface area contributed by atoms with Gasteiger partial charge in [-0.1, -0.05) is 30.3 Å². The quantitative estimate of drug-likeness (QED) is 0.317. The Morgan fingerprint density at radius 2 is 1.62 bits per heavy atom. The Hall–Kier alpha value is -3.58. The summed E-state index contributed by atoms with van der Waals surface area (Å²) in [6, 6.07) is 20.8. The molecule has 0 radical (unpaired) electrons. The first-order chi connectivity index (χ1) is 14.0. The van der Waals surface area contributed by atoms with Crippen molar-refractivity contribution in [2.45, 2.75) is 0 Å². The van der Waals surface area contributed by atoms with Gasteiger partial charge in [0.05, 0.1) is 21.5 Å². The van der Waals surface area contributed by atoms with Crippen molar-refractivity contribution in [3.05, 3.63) is 109 Å². The van der Waals surface area contributed by atoms with E-state index in [1.165, 1.54) is 12.1 Å². The predicted molar refractivity (Wildman–Crippen MR) is 117 cm³/mol. The summed E-state index contributed by atoms with van der Waals surface area (Å²) in [5.41, 5.74) is 1.89. The van der Waals surface area contributed by atoms with Crippen molar-refractivity contribution in [3.8, 4) is 5.69 Å². The Labute approximate surface area is 174 Å². The fourth-order valence-electron chi connectivity index (χ4n) is 3.01. The summed E-state index contributed by atoms with van der Waals surface area (Å²) in [4.78, 5) is 28.3. The fraction of sp³-hybridized carbons (Fsp3) is 0. The van der Waals surface area contributed by atoms with Crippen molar-refractivity contribution < 1.29 is 4.92 Å². The van der Waals surface area contributed by atoms with Crippen LogP contribution in [0.25, 0.3) is 28.7 Å². The number of hydrogen-bond acceptors (Lipinski definition) is 4. The van der Waals surface area contributed by atoms with Gasteiger partial charge in [-0.2, -0.15) is 0 Å². The number of nitrogens with zero attached hydrogens (tertiary/aromatic N) is 3. The Kier molecular flexibility index (Phi) is 5.05. The SMILES string of the molecule is O=c1c2ccccc2nc(C=Cc2ccc([N+](=O)[O-])cc2)n1-c1ccccc1Br. The minimum absolute atomic E-state index is 0.0242. The molecule has 3 aromatic carbocycles. The molecule has 4 aromatic rings. The number of hydrogen-bond donors (Lipinski definition) is 0. The van der Waals surface area contributed by atoms with E-state index in [0.717, 1.165) is 10.0 Å². The van der Waals surface area contributed by atoms with Crippen molar-refractivity contribution in [3.63, 3.8) is 0 Å². The number of rotatable bonds is 4. The van der Waals surface area contributed by atoms with Gasteiger partial charge in [-0.05, 0) is 64.0 Å². The summed E-state index contributed by atoms with van der Waals surface area (Å²) in [7, 11) is 0. The summed E-state index contributed by atoms with van der Waals surface area (Å²) in [5.74, 6) is 0.457. The number of nitro benzene ring substituents is 1. The van der Waals surface area contributed by atoms with Crippen molar-refractivity contribution >= 4 is 44.7 Å². The second kappa shape index (κ2) is 7.81. The third kappa shape index (κ3) is 3.72. The van der Waals surface area contributed by atoms with Gasteiger partial charge in [0.25, 0.3) is 11.2 Å². The van der Waals surface area contributed by atoms with E-state index in [9.17, 15) is 14.9 Å². The van der Waals surface area contributed by atoms with Crippen LogP contribution in [0.4, 0.5) is 5.69 Å². The third-order valence-corrected chi connectivity index (χ3v) is 5.09. The first kappa shape index (κ1) is 18.8. The van der Waals surface area contributed by atoms with Gasteiger partial charge in [-0.25, -0.2) is 4.98 Å². The summed E-state index contributed by atoms with van der Waals surface area (Å²) < 4.78 is 2.32.